The van der Waals surface area contributed by atoms with Crippen molar-refractivity contribution in [3.63, 3.8) is 0 Å². The van der Waals surface area contributed by atoms with E-state index in [0.717, 1.165) is 37.9 Å². The van der Waals surface area contributed by atoms with Crippen LogP contribution in [0.15, 0.2) is 18.2 Å². The van der Waals surface area contributed by atoms with Crippen LogP contribution in [-0.4, -0.2) is 40.5 Å². The monoisotopic (exact) mass is 374 g/mol. The van der Waals surface area contributed by atoms with Gasteiger partial charge in [0.2, 0.25) is 0 Å². The highest BCUT2D eigenvalue weighted by Gasteiger charge is 2.40. The summed E-state index contributed by atoms with van der Waals surface area (Å²) in [5.41, 5.74) is 2.28. The van der Waals surface area contributed by atoms with Gasteiger partial charge in [0.1, 0.15) is 5.82 Å². The van der Waals surface area contributed by atoms with Gasteiger partial charge in [-0.2, -0.15) is 0 Å². The zero-order chi connectivity index (χ0) is 19.8. The summed E-state index contributed by atoms with van der Waals surface area (Å²) in [4.78, 5) is 5.29. The minimum absolute atomic E-state index is 0.00685. The number of hydrogen-bond acceptors (Lipinski definition) is 2. The zero-order valence-electron chi connectivity index (χ0n) is 18.3. The van der Waals surface area contributed by atoms with Gasteiger partial charge in [-0.3, -0.25) is 9.80 Å². The van der Waals surface area contributed by atoms with Gasteiger partial charge >= 0.3 is 0 Å². The van der Waals surface area contributed by atoms with E-state index in [-0.39, 0.29) is 17.4 Å². The standard InChI is InChI=1S/C24H39FN2/c1-7-19-16-27(24(4,5)6)20(8-2)15-26(19)23(9-3)21-13-12-18(14-22(21)25)17-10-11-17/h12-14,17,19-20,23H,7-11,15-16H2,1-6H3/t19-,20+,23-/m1/s1. The maximum Gasteiger partial charge on any atom is 0.128 e. The van der Waals surface area contributed by atoms with Gasteiger partial charge in [-0.05, 0) is 70.4 Å². The molecule has 0 bridgehead atoms. The molecular weight excluding hydrogens is 335 g/mol. The maximum absolute atomic E-state index is 15.1. The second-order valence-corrected chi connectivity index (χ2v) is 9.62. The van der Waals surface area contributed by atoms with Crippen molar-refractivity contribution in [2.45, 2.75) is 103 Å². The molecule has 1 heterocycles. The summed E-state index contributed by atoms with van der Waals surface area (Å²) in [5.74, 6) is 0.615. The second kappa shape index (κ2) is 8.21. The molecule has 2 fully saturated rings. The lowest BCUT2D eigenvalue weighted by molar-refractivity contribution is -0.0450. The Hall–Kier alpha value is -0.930. The van der Waals surface area contributed by atoms with Gasteiger partial charge in [0.05, 0.1) is 0 Å². The van der Waals surface area contributed by atoms with Crippen LogP contribution in [-0.2, 0) is 0 Å². The Kier molecular flexibility index (Phi) is 6.32. The molecule has 0 spiro atoms. The van der Waals surface area contributed by atoms with Crippen molar-refractivity contribution in [2.75, 3.05) is 13.1 Å². The molecule has 3 heteroatoms. The molecular formula is C24H39FN2. The number of piperazine rings is 1. The molecule has 0 unspecified atom stereocenters. The van der Waals surface area contributed by atoms with Gasteiger partial charge in [0.25, 0.3) is 0 Å². The van der Waals surface area contributed by atoms with Crippen molar-refractivity contribution < 1.29 is 4.39 Å². The molecule has 1 saturated heterocycles. The third kappa shape index (κ3) is 4.40. The van der Waals surface area contributed by atoms with Crippen LogP contribution in [0.2, 0.25) is 0 Å². The van der Waals surface area contributed by atoms with E-state index < -0.39 is 0 Å². The predicted octanol–water partition coefficient (Wildman–Crippen LogP) is 6.13. The number of hydrogen-bond donors (Lipinski definition) is 0. The summed E-state index contributed by atoms with van der Waals surface area (Å²) in [6.45, 7) is 15.9. The van der Waals surface area contributed by atoms with E-state index in [1.165, 1.54) is 18.4 Å². The Balaban J connectivity index is 1.87. The topological polar surface area (TPSA) is 6.48 Å². The number of benzene rings is 1. The molecule has 1 aromatic rings. The lowest BCUT2D eigenvalue weighted by Gasteiger charge is -2.53. The van der Waals surface area contributed by atoms with Gasteiger partial charge in [-0.25, -0.2) is 4.39 Å². The van der Waals surface area contributed by atoms with E-state index in [9.17, 15) is 0 Å². The van der Waals surface area contributed by atoms with Crippen LogP contribution in [0.5, 0.6) is 0 Å². The number of halogens is 1. The molecule has 0 radical (unpaired) electrons. The summed E-state index contributed by atoms with van der Waals surface area (Å²) in [7, 11) is 0. The normalized spacial score (nSPS) is 26.3. The van der Waals surface area contributed by atoms with Gasteiger partial charge in [0, 0.05) is 42.3 Å². The highest BCUT2D eigenvalue weighted by Crippen LogP contribution is 2.42. The van der Waals surface area contributed by atoms with Gasteiger partial charge in [-0.1, -0.05) is 32.9 Å². The summed E-state index contributed by atoms with van der Waals surface area (Å²) in [6.07, 6.45) is 5.66. The molecule has 1 aromatic carbocycles. The third-order valence-corrected chi connectivity index (χ3v) is 6.76. The van der Waals surface area contributed by atoms with Crippen molar-refractivity contribution in [3.8, 4) is 0 Å². The predicted molar refractivity (Wildman–Crippen MR) is 113 cm³/mol. The van der Waals surface area contributed by atoms with Crippen molar-refractivity contribution in [1.29, 1.82) is 0 Å². The molecule has 0 amide bonds. The second-order valence-electron chi connectivity index (χ2n) is 9.62. The van der Waals surface area contributed by atoms with E-state index in [1.54, 1.807) is 0 Å². The SMILES string of the molecule is CC[C@@H]1CN(C(C)(C)C)[C@@H](CC)CN1[C@H](CC)c1ccc(C2CC2)cc1F. The molecule has 1 aliphatic carbocycles. The fraction of sp³-hybridized carbons (Fsp3) is 0.750. The molecule has 2 aliphatic rings. The molecule has 2 nitrogen and oxygen atoms in total. The van der Waals surface area contributed by atoms with Crippen LogP contribution in [0.1, 0.15) is 96.7 Å². The van der Waals surface area contributed by atoms with Crippen LogP contribution in [0.4, 0.5) is 4.39 Å². The zero-order valence-corrected chi connectivity index (χ0v) is 18.3. The average Bonchev–Trinajstić information content (AvgIpc) is 3.47. The summed E-state index contributed by atoms with van der Waals surface area (Å²) in [5, 5.41) is 0. The first kappa shape index (κ1) is 20.8. The van der Waals surface area contributed by atoms with Crippen LogP contribution >= 0.6 is 0 Å². The molecule has 3 atom stereocenters. The van der Waals surface area contributed by atoms with Crippen LogP contribution in [0, 0.1) is 5.82 Å². The van der Waals surface area contributed by atoms with E-state index >= 15 is 4.39 Å². The lowest BCUT2D eigenvalue weighted by Crippen LogP contribution is -2.63. The van der Waals surface area contributed by atoms with Crippen LogP contribution < -0.4 is 0 Å². The number of rotatable bonds is 6. The van der Waals surface area contributed by atoms with Gasteiger partial charge in [0.15, 0.2) is 0 Å². The molecule has 0 aromatic heterocycles. The average molecular weight is 375 g/mol. The van der Waals surface area contributed by atoms with E-state index in [2.05, 4.69) is 63.5 Å². The fourth-order valence-corrected chi connectivity index (χ4v) is 5.01. The first-order chi connectivity index (χ1) is 12.8. The van der Waals surface area contributed by atoms with Crippen molar-refractivity contribution in [1.82, 2.24) is 9.80 Å². The molecule has 1 saturated carbocycles. The van der Waals surface area contributed by atoms with Crippen LogP contribution in [0.3, 0.4) is 0 Å². The van der Waals surface area contributed by atoms with Crippen molar-refractivity contribution >= 4 is 0 Å². The molecule has 3 rings (SSSR count). The smallest absolute Gasteiger partial charge is 0.128 e. The first-order valence-electron chi connectivity index (χ1n) is 11.1. The van der Waals surface area contributed by atoms with E-state index in [0.29, 0.717) is 18.0 Å². The number of nitrogens with zero attached hydrogens (tertiary/aromatic N) is 2. The van der Waals surface area contributed by atoms with Gasteiger partial charge < -0.3 is 0 Å². The van der Waals surface area contributed by atoms with Crippen LogP contribution in [0.25, 0.3) is 0 Å². The quantitative estimate of drug-likeness (QED) is 0.591. The van der Waals surface area contributed by atoms with Crippen molar-refractivity contribution in [3.05, 3.63) is 35.1 Å². The minimum atomic E-state index is 0.00685. The summed E-state index contributed by atoms with van der Waals surface area (Å²) >= 11 is 0. The maximum atomic E-state index is 15.1. The highest BCUT2D eigenvalue weighted by atomic mass is 19.1. The summed E-state index contributed by atoms with van der Waals surface area (Å²) in [6, 6.07) is 7.29. The lowest BCUT2D eigenvalue weighted by atomic mass is 9.91. The molecule has 27 heavy (non-hydrogen) atoms. The molecule has 0 N–H and O–H groups in total. The first-order valence-corrected chi connectivity index (χ1v) is 11.1. The Labute approximate surface area is 166 Å². The summed E-state index contributed by atoms with van der Waals surface area (Å²) < 4.78 is 15.1. The van der Waals surface area contributed by atoms with Crippen molar-refractivity contribution in [2.24, 2.45) is 0 Å². The molecule has 1 aliphatic heterocycles. The largest absolute Gasteiger partial charge is 0.293 e. The Morgan fingerprint density at radius 1 is 1.04 bits per heavy atom. The Morgan fingerprint density at radius 2 is 1.70 bits per heavy atom. The van der Waals surface area contributed by atoms with E-state index in [1.807, 2.05) is 6.07 Å². The van der Waals surface area contributed by atoms with Gasteiger partial charge in [-0.15, -0.1) is 0 Å². The molecule has 152 valence electrons. The Morgan fingerprint density at radius 3 is 2.19 bits per heavy atom. The fourth-order valence-electron chi connectivity index (χ4n) is 5.01. The highest BCUT2D eigenvalue weighted by molar-refractivity contribution is 5.31. The van der Waals surface area contributed by atoms with E-state index in [4.69, 9.17) is 0 Å². The Bertz CT molecular complexity index is 632. The minimum Gasteiger partial charge on any atom is -0.293 e. The third-order valence-electron chi connectivity index (χ3n) is 6.76.